The van der Waals surface area contributed by atoms with Crippen LogP contribution in [0.2, 0.25) is 0 Å². The lowest BCUT2D eigenvalue weighted by molar-refractivity contribution is 0.154. The molecule has 0 saturated heterocycles. The molecule has 0 radical (unpaired) electrons. The van der Waals surface area contributed by atoms with Crippen molar-refractivity contribution in [3.05, 3.63) is 23.8 Å². The molecule has 1 aromatic rings. The van der Waals surface area contributed by atoms with Crippen LogP contribution < -0.4 is 10.6 Å². The maximum atomic E-state index is 5.90. The van der Waals surface area contributed by atoms with Gasteiger partial charge in [-0.15, -0.1) is 11.8 Å². The summed E-state index contributed by atoms with van der Waals surface area (Å²) in [5.41, 5.74) is 8.38. The average molecular weight is 268 g/mol. The van der Waals surface area contributed by atoms with Crippen LogP contribution >= 0.6 is 11.8 Å². The summed E-state index contributed by atoms with van der Waals surface area (Å²) in [5.74, 6) is 0. The van der Waals surface area contributed by atoms with Crippen LogP contribution in [0.4, 0.5) is 5.69 Å². The average Bonchev–Trinajstić information content (AvgIpc) is 2.42. The number of hydrogen-bond acceptors (Lipinski definition) is 4. The minimum absolute atomic E-state index is 0.581. The molecule has 0 aliphatic carbocycles. The highest BCUT2D eigenvalue weighted by molar-refractivity contribution is 7.98. The molecule has 4 heteroatoms. The molecule has 0 heterocycles. The van der Waals surface area contributed by atoms with E-state index in [1.54, 1.807) is 11.8 Å². The van der Waals surface area contributed by atoms with E-state index in [1.807, 2.05) is 6.92 Å². The standard InChI is InChI=1S/C14H24N2OS/c1-4-16(9-10-17-5-2)13-7-6-8-14(18-3)12(13)11-15/h6-8H,4-5,9-11,15H2,1-3H3. The van der Waals surface area contributed by atoms with Crippen molar-refractivity contribution in [2.24, 2.45) is 5.73 Å². The first-order chi connectivity index (χ1) is 8.78. The summed E-state index contributed by atoms with van der Waals surface area (Å²) in [5, 5.41) is 0. The summed E-state index contributed by atoms with van der Waals surface area (Å²) in [6, 6.07) is 6.38. The third kappa shape index (κ3) is 3.90. The molecule has 1 rings (SSSR count). The van der Waals surface area contributed by atoms with Crippen molar-refractivity contribution in [1.82, 2.24) is 0 Å². The zero-order valence-corrected chi connectivity index (χ0v) is 12.4. The number of hydrogen-bond donors (Lipinski definition) is 1. The lowest BCUT2D eigenvalue weighted by Gasteiger charge is -2.26. The summed E-state index contributed by atoms with van der Waals surface area (Å²) < 4.78 is 5.44. The van der Waals surface area contributed by atoms with Crippen LogP contribution in [0, 0.1) is 0 Å². The zero-order chi connectivity index (χ0) is 13.4. The van der Waals surface area contributed by atoms with Crippen molar-refractivity contribution in [2.75, 3.05) is 37.5 Å². The molecule has 2 N–H and O–H groups in total. The first kappa shape index (κ1) is 15.3. The van der Waals surface area contributed by atoms with E-state index in [-0.39, 0.29) is 0 Å². The van der Waals surface area contributed by atoms with Crippen molar-refractivity contribution < 1.29 is 4.74 Å². The molecule has 0 atom stereocenters. The van der Waals surface area contributed by atoms with Crippen LogP contribution in [0.3, 0.4) is 0 Å². The number of ether oxygens (including phenoxy) is 1. The van der Waals surface area contributed by atoms with Gasteiger partial charge in [-0.25, -0.2) is 0 Å². The van der Waals surface area contributed by atoms with Gasteiger partial charge in [-0.05, 0) is 32.2 Å². The lowest BCUT2D eigenvalue weighted by atomic mass is 10.1. The number of anilines is 1. The van der Waals surface area contributed by atoms with E-state index in [2.05, 4.69) is 36.3 Å². The quantitative estimate of drug-likeness (QED) is 0.581. The van der Waals surface area contributed by atoms with Crippen LogP contribution in [0.15, 0.2) is 23.1 Å². The summed E-state index contributed by atoms with van der Waals surface area (Å²) in [6.07, 6.45) is 2.09. The molecular formula is C14H24N2OS. The Kier molecular flexibility index (Phi) is 7.16. The van der Waals surface area contributed by atoms with Gasteiger partial charge in [0.1, 0.15) is 0 Å². The number of nitrogens with zero attached hydrogens (tertiary/aromatic N) is 1. The summed E-state index contributed by atoms with van der Waals surface area (Å²) in [6.45, 7) is 8.18. The fourth-order valence-electron chi connectivity index (χ4n) is 2.01. The van der Waals surface area contributed by atoms with Crippen molar-refractivity contribution >= 4 is 17.4 Å². The van der Waals surface area contributed by atoms with Gasteiger partial charge in [0.15, 0.2) is 0 Å². The normalized spacial score (nSPS) is 10.7. The Morgan fingerprint density at radius 3 is 2.67 bits per heavy atom. The van der Waals surface area contributed by atoms with E-state index in [0.717, 1.165) is 26.3 Å². The van der Waals surface area contributed by atoms with Gasteiger partial charge in [0.05, 0.1) is 6.61 Å². The molecule has 0 unspecified atom stereocenters. The number of likely N-dealkylation sites (N-methyl/N-ethyl adjacent to an activating group) is 1. The van der Waals surface area contributed by atoms with Crippen molar-refractivity contribution in [3.63, 3.8) is 0 Å². The van der Waals surface area contributed by atoms with E-state index in [4.69, 9.17) is 10.5 Å². The number of benzene rings is 1. The van der Waals surface area contributed by atoms with Crippen molar-refractivity contribution in [1.29, 1.82) is 0 Å². The third-order valence-electron chi connectivity index (χ3n) is 2.96. The number of thioether (sulfide) groups is 1. The van der Waals surface area contributed by atoms with Gasteiger partial charge in [-0.3, -0.25) is 0 Å². The molecule has 0 bridgehead atoms. The Bertz CT molecular complexity index is 358. The highest BCUT2D eigenvalue weighted by Gasteiger charge is 2.11. The fraction of sp³-hybridized carbons (Fsp3) is 0.571. The maximum absolute atomic E-state index is 5.90. The molecule has 0 amide bonds. The van der Waals surface area contributed by atoms with E-state index in [0.29, 0.717) is 6.54 Å². The SMILES string of the molecule is CCOCCN(CC)c1cccc(SC)c1CN. The minimum atomic E-state index is 0.581. The summed E-state index contributed by atoms with van der Waals surface area (Å²) in [7, 11) is 0. The maximum Gasteiger partial charge on any atom is 0.0641 e. The van der Waals surface area contributed by atoms with E-state index < -0.39 is 0 Å². The molecule has 0 aromatic heterocycles. The molecule has 0 aliphatic heterocycles. The van der Waals surface area contributed by atoms with E-state index in [9.17, 15) is 0 Å². The Labute approximate surface area is 115 Å². The second-order valence-corrected chi connectivity index (χ2v) is 4.79. The fourth-order valence-corrected chi connectivity index (χ4v) is 2.66. The second kappa shape index (κ2) is 8.40. The predicted octanol–water partition coefficient (Wildman–Crippen LogP) is 2.73. The molecule has 3 nitrogen and oxygen atoms in total. The molecule has 0 aliphatic rings. The smallest absolute Gasteiger partial charge is 0.0641 e. The largest absolute Gasteiger partial charge is 0.380 e. The first-order valence-corrected chi connectivity index (χ1v) is 7.69. The van der Waals surface area contributed by atoms with Crippen molar-refractivity contribution in [3.8, 4) is 0 Å². The van der Waals surface area contributed by atoms with Gasteiger partial charge < -0.3 is 15.4 Å². The van der Waals surface area contributed by atoms with Gasteiger partial charge in [0, 0.05) is 42.4 Å². The lowest BCUT2D eigenvalue weighted by Crippen LogP contribution is -2.28. The minimum Gasteiger partial charge on any atom is -0.380 e. The van der Waals surface area contributed by atoms with Crippen LogP contribution in [0.5, 0.6) is 0 Å². The molecule has 102 valence electrons. The zero-order valence-electron chi connectivity index (χ0n) is 11.6. The monoisotopic (exact) mass is 268 g/mol. The molecule has 18 heavy (non-hydrogen) atoms. The molecule has 0 fully saturated rings. The van der Waals surface area contributed by atoms with Gasteiger partial charge in [0.25, 0.3) is 0 Å². The molecule has 0 saturated carbocycles. The Morgan fingerprint density at radius 2 is 2.11 bits per heavy atom. The van der Waals surface area contributed by atoms with Gasteiger partial charge in [-0.2, -0.15) is 0 Å². The summed E-state index contributed by atoms with van der Waals surface area (Å²) >= 11 is 1.75. The highest BCUT2D eigenvalue weighted by atomic mass is 32.2. The summed E-state index contributed by atoms with van der Waals surface area (Å²) in [4.78, 5) is 3.60. The van der Waals surface area contributed by atoms with Gasteiger partial charge in [-0.1, -0.05) is 6.07 Å². The van der Waals surface area contributed by atoms with E-state index >= 15 is 0 Å². The van der Waals surface area contributed by atoms with Gasteiger partial charge >= 0.3 is 0 Å². The van der Waals surface area contributed by atoms with Crippen LogP contribution in [-0.4, -0.2) is 32.6 Å². The van der Waals surface area contributed by atoms with Gasteiger partial charge in [0.2, 0.25) is 0 Å². The Hall–Kier alpha value is -0.710. The molecule has 1 aromatic carbocycles. The Morgan fingerprint density at radius 1 is 1.33 bits per heavy atom. The first-order valence-electron chi connectivity index (χ1n) is 6.47. The van der Waals surface area contributed by atoms with Crippen LogP contribution in [0.25, 0.3) is 0 Å². The molecule has 0 spiro atoms. The predicted molar refractivity (Wildman–Crippen MR) is 80.5 cm³/mol. The number of rotatable bonds is 8. The molecular weight excluding hydrogens is 244 g/mol. The van der Waals surface area contributed by atoms with Crippen LogP contribution in [-0.2, 0) is 11.3 Å². The van der Waals surface area contributed by atoms with Crippen molar-refractivity contribution in [2.45, 2.75) is 25.3 Å². The Balaban J connectivity index is 2.90. The van der Waals surface area contributed by atoms with Crippen LogP contribution in [0.1, 0.15) is 19.4 Å². The number of nitrogens with two attached hydrogens (primary N) is 1. The topological polar surface area (TPSA) is 38.5 Å². The third-order valence-corrected chi connectivity index (χ3v) is 3.79. The highest BCUT2D eigenvalue weighted by Crippen LogP contribution is 2.29. The van der Waals surface area contributed by atoms with E-state index in [1.165, 1.54) is 16.1 Å². The second-order valence-electron chi connectivity index (χ2n) is 3.94.